The van der Waals surface area contributed by atoms with Gasteiger partial charge in [-0.2, -0.15) is 0 Å². The van der Waals surface area contributed by atoms with Gasteiger partial charge in [0.25, 0.3) is 5.56 Å². The number of phenols is 1. The van der Waals surface area contributed by atoms with E-state index in [0.29, 0.717) is 33.5 Å². The van der Waals surface area contributed by atoms with Gasteiger partial charge in [0.2, 0.25) is 0 Å². The second-order valence-corrected chi connectivity index (χ2v) is 7.88. The number of aryl methyl sites for hydroxylation is 1. The van der Waals surface area contributed by atoms with Gasteiger partial charge in [0.15, 0.2) is 10.9 Å². The third-order valence-electron chi connectivity index (χ3n) is 5.62. The van der Waals surface area contributed by atoms with Gasteiger partial charge in [-0.15, -0.1) is 0 Å². The van der Waals surface area contributed by atoms with Gasteiger partial charge in [-0.1, -0.05) is 29.4 Å². The van der Waals surface area contributed by atoms with Crippen molar-refractivity contribution in [2.75, 3.05) is 0 Å². The number of aromatic hydroxyl groups is 2. The third kappa shape index (κ3) is 3.14. The molecule has 0 radical (unpaired) electrons. The minimum Gasteiger partial charge on any atom is -0.507 e. The van der Waals surface area contributed by atoms with E-state index >= 15 is 0 Å². The lowest BCUT2D eigenvalue weighted by atomic mass is 9.94. The predicted octanol–water partition coefficient (Wildman–Crippen LogP) is 3.41. The first-order valence-electron chi connectivity index (χ1n) is 9.87. The lowest BCUT2D eigenvalue weighted by Crippen LogP contribution is -2.36. The number of thiocarbonyl (C=S) groups is 1. The largest absolute Gasteiger partial charge is 0.507 e. The van der Waals surface area contributed by atoms with Crippen LogP contribution < -0.4 is 10.9 Å². The quantitative estimate of drug-likeness (QED) is 0.413. The molecule has 5 rings (SSSR count). The number of fused-ring (bicyclic) bond motifs is 1. The Hall–Kier alpha value is -3.98. The van der Waals surface area contributed by atoms with Gasteiger partial charge < -0.3 is 24.6 Å². The van der Waals surface area contributed by atoms with Gasteiger partial charge in [-0.3, -0.25) is 4.79 Å². The zero-order chi connectivity index (χ0) is 22.4. The number of nitrogens with one attached hydrogen (secondary N) is 1. The van der Waals surface area contributed by atoms with E-state index in [1.54, 1.807) is 61.8 Å². The summed E-state index contributed by atoms with van der Waals surface area (Å²) in [6, 6.07) is 13.5. The highest BCUT2D eigenvalue weighted by Gasteiger charge is 2.30. The van der Waals surface area contributed by atoms with Crippen molar-refractivity contribution >= 4 is 33.9 Å². The molecule has 160 valence electrons. The molecule has 3 heterocycles. The molecule has 1 atom stereocenters. The van der Waals surface area contributed by atoms with E-state index in [4.69, 9.17) is 16.7 Å². The van der Waals surface area contributed by atoms with Gasteiger partial charge in [-0.25, -0.2) is 4.99 Å². The van der Waals surface area contributed by atoms with Crippen LogP contribution in [-0.2, 0) is 7.05 Å². The molecule has 0 aliphatic carbocycles. The number of benzene rings is 2. The summed E-state index contributed by atoms with van der Waals surface area (Å²) in [6.07, 6.45) is 1.80. The van der Waals surface area contributed by atoms with Gasteiger partial charge in [-0.05, 0) is 36.5 Å². The van der Waals surface area contributed by atoms with Crippen molar-refractivity contribution in [1.29, 1.82) is 0 Å². The van der Waals surface area contributed by atoms with E-state index in [-0.39, 0.29) is 34.2 Å². The van der Waals surface area contributed by atoms with Gasteiger partial charge in [0, 0.05) is 24.4 Å². The van der Waals surface area contributed by atoms with Crippen LogP contribution in [0, 0.1) is 0 Å². The van der Waals surface area contributed by atoms with Crippen LogP contribution in [-0.4, -0.2) is 30.8 Å². The number of aromatic nitrogens is 2. The topological polar surface area (TPSA) is 113 Å². The van der Waals surface area contributed by atoms with Crippen LogP contribution in [0.5, 0.6) is 11.5 Å². The molecule has 0 saturated heterocycles. The molecule has 9 heteroatoms. The van der Waals surface area contributed by atoms with Crippen LogP contribution in [0.4, 0.5) is 0 Å². The predicted molar refractivity (Wildman–Crippen MR) is 124 cm³/mol. The molecule has 0 spiro atoms. The molecule has 0 amide bonds. The van der Waals surface area contributed by atoms with Crippen LogP contribution in [0.25, 0.3) is 22.2 Å². The Morgan fingerprint density at radius 1 is 1.16 bits per heavy atom. The molecular weight excluding hydrogens is 428 g/mol. The molecule has 0 fully saturated rings. The zero-order valence-corrected chi connectivity index (χ0v) is 17.8. The molecule has 8 nitrogen and oxygen atoms in total. The number of aliphatic imine (C=N–C) groups is 1. The Labute approximate surface area is 187 Å². The number of hydrogen-bond donors (Lipinski definition) is 3. The van der Waals surface area contributed by atoms with Gasteiger partial charge in [0.1, 0.15) is 17.1 Å². The van der Waals surface area contributed by atoms with Crippen molar-refractivity contribution < 1.29 is 14.7 Å². The molecule has 2 aromatic heterocycles. The summed E-state index contributed by atoms with van der Waals surface area (Å²) in [6.45, 7) is 0. The minimum absolute atomic E-state index is 0.0545. The summed E-state index contributed by atoms with van der Waals surface area (Å²) >= 11 is 5.35. The minimum atomic E-state index is -0.425. The number of nitrogens with zero attached hydrogens (tertiary/aromatic N) is 3. The Bertz CT molecular complexity index is 1470. The number of para-hydroxylation sites is 2. The molecule has 1 aliphatic rings. The molecule has 1 aliphatic heterocycles. The van der Waals surface area contributed by atoms with E-state index in [2.05, 4.69) is 15.5 Å². The Morgan fingerprint density at radius 3 is 2.72 bits per heavy atom. The summed E-state index contributed by atoms with van der Waals surface area (Å²) in [4.78, 5) is 17.5. The number of pyridine rings is 1. The first-order valence-corrected chi connectivity index (χ1v) is 10.3. The van der Waals surface area contributed by atoms with Crippen LogP contribution in [0.2, 0.25) is 0 Å². The van der Waals surface area contributed by atoms with Crippen molar-refractivity contribution in [3.8, 4) is 22.8 Å². The molecule has 4 aromatic rings. The smallest absolute Gasteiger partial charge is 0.263 e. The molecule has 32 heavy (non-hydrogen) atoms. The molecule has 2 aromatic carbocycles. The van der Waals surface area contributed by atoms with E-state index in [0.717, 1.165) is 0 Å². The zero-order valence-electron chi connectivity index (χ0n) is 16.9. The van der Waals surface area contributed by atoms with Crippen LogP contribution in [0.15, 0.2) is 69.0 Å². The fourth-order valence-electron chi connectivity index (χ4n) is 4.04. The summed E-state index contributed by atoms with van der Waals surface area (Å²) in [5, 5.41) is 29.0. The van der Waals surface area contributed by atoms with Crippen molar-refractivity contribution in [3.63, 3.8) is 0 Å². The average Bonchev–Trinajstić information content (AvgIpc) is 3.27. The third-order valence-corrected chi connectivity index (χ3v) is 5.83. The number of hydrogen-bond acceptors (Lipinski definition) is 6. The Morgan fingerprint density at radius 2 is 1.91 bits per heavy atom. The Balaban J connectivity index is 1.61. The summed E-state index contributed by atoms with van der Waals surface area (Å²) in [7, 11) is 1.65. The highest BCUT2D eigenvalue weighted by atomic mass is 32.1. The summed E-state index contributed by atoms with van der Waals surface area (Å²) < 4.78 is 6.92. The second kappa shape index (κ2) is 7.61. The maximum absolute atomic E-state index is 13.1. The van der Waals surface area contributed by atoms with Crippen molar-refractivity contribution in [1.82, 2.24) is 15.0 Å². The highest BCUT2D eigenvalue weighted by Crippen LogP contribution is 2.37. The summed E-state index contributed by atoms with van der Waals surface area (Å²) in [5.41, 5.74) is 1.87. The van der Waals surface area contributed by atoms with Crippen molar-refractivity contribution in [2.24, 2.45) is 12.0 Å². The van der Waals surface area contributed by atoms with Crippen molar-refractivity contribution in [3.05, 3.63) is 76.2 Å². The Kier molecular flexibility index (Phi) is 4.75. The monoisotopic (exact) mass is 446 g/mol. The fraction of sp³-hybridized carbons (Fsp3) is 0.130. The number of rotatable bonds is 3. The molecule has 3 N–H and O–H groups in total. The fourth-order valence-corrected chi connectivity index (χ4v) is 4.30. The standard InChI is InChI=1S/C23H18N4O4S/c1-27-17-8-4-2-6-12(17)20(29)19(22(27)30)16-10-15(25-23(32)26-16)14-11-24-31-21(14)13-7-3-5-9-18(13)28/h2-9,11,15,28-29H,10H2,1H3,(H,25,32). The van der Waals surface area contributed by atoms with E-state index in [9.17, 15) is 15.0 Å². The van der Waals surface area contributed by atoms with Crippen LogP contribution >= 0.6 is 12.2 Å². The maximum Gasteiger partial charge on any atom is 0.263 e. The van der Waals surface area contributed by atoms with E-state index in [1.165, 1.54) is 4.57 Å². The van der Waals surface area contributed by atoms with E-state index < -0.39 is 6.04 Å². The normalized spacial score (nSPS) is 16.1. The van der Waals surface area contributed by atoms with Crippen molar-refractivity contribution in [2.45, 2.75) is 12.5 Å². The molecule has 0 bridgehead atoms. The van der Waals surface area contributed by atoms with E-state index in [1.807, 2.05) is 0 Å². The van der Waals surface area contributed by atoms with Gasteiger partial charge >= 0.3 is 0 Å². The average molecular weight is 446 g/mol. The maximum atomic E-state index is 13.1. The molecular formula is C23H18N4O4S. The SMILES string of the molecule is Cn1c(=O)c(C2=NC(=S)NC(c3cnoc3-c3ccccc3O)C2)c(O)c2ccccc21. The first-order chi connectivity index (χ1) is 15.5. The second-order valence-electron chi connectivity index (χ2n) is 7.50. The molecule has 1 unspecified atom stereocenters. The summed E-state index contributed by atoms with van der Waals surface area (Å²) in [5.74, 6) is 0.316. The molecule has 0 saturated carbocycles. The first kappa shape index (κ1) is 20.0. The van der Waals surface area contributed by atoms with Gasteiger partial charge in [0.05, 0.1) is 29.0 Å². The van der Waals surface area contributed by atoms with Crippen LogP contribution in [0.1, 0.15) is 23.6 Å². The lowest BCUT2D eigenvalue weighted by Gasteiger charge is -2.25. The lowest BCUT2D eigenvalue weighted by molar-refractivity contribution is 0.424. The highest BCUT2D eigenvalue weighted by molar-refractivity contribution is 7.80. The van der Waals surface area contributed by atoms with Crippen LogP contribution in [0.3, 0.4) is 0 Å². The number of phenolic OH excluding ortho intramolecular Hbond substituents is 1.